The number of benzene rings is 1. The van der Waals surface area contributed by atoms with Gasteiger partial charge < -0.3 is 9.84 Å². The fourth-order valence-corrected chi connectivity index (χ4v) is 0.738. The third-order valence-electron chi connectivity index (χ3n) is 1.22. The molecule has 1 N–H and O–H groups in total. The Labute approximate surface area is 72.6 Å². The van der Waals surface area contributed by atoms with Crippen molar-refractivity contribution in [1.82, 2.24) is 0 Å². The van der Waals surface area contributed by atoms with Gasteiger partial charge in [-0.25, -0.2) is 0 Å². The van der Waals surface area contributed by atoms with E-state index in [1.807, 2.05) is 0 Å². The van der Waals surface area contributed by atoms with Gasteiger partial charge in [0.05, 0.1) is 0 Å². The molecule has 1 rings (SSSR count). The summed E-state index contributed by atoms with van der Waals surface area (Å²) in [5.41, 5.74) is 0. The van der Waals surface area contributed by atoms with Crippen molar-refractivity contribution >= 4 is 0 Å². The summed E-state index contributed by atoms with van der Waals surface area (Å²) in [5.74, 6) is -0.128. The highest BCUT2D eigenvalue weighted by Crippen LogP contribution is 2.21. The number of phenols is 1. The van der Waals surface area contributed by atoms with Gasteiger partial charge in [-0.2, -0.15) is 13.2 Å². The molecule has 5 heteroatoms. The Hall–Kier alpha value is -1.39. The molecule has 0 saturated heterocycles. The summed E-state index contributed by atoms with van der Waals surface area (Å²) in [5, 5.41) is 8.88. The van der Waals surface area contributed by atoms with Gasteiger partial charge >= 0.3 is 6.18 Å². The summed E-state index contributed by atoms with van der Waals surface area (Å²) in [4.78, 5) is 0. The Morgan fingerprint density at radius 3 is 2.54 bits per heavy atom. The van der Waals surface area contributed by atoms with Crippen LogP contribution >= 0.6 is 0 Å². The van der Waals surface area contributed by atoms with Crippen LogP contribution in [-0.4, -0.2) is 17.9 Å². The molecule has 0 aromatic heterocycles. The van der Waals surface area contributed by atoms with Gasteiger partial charge in [0.2, 0.25) is 0 Å². The molecule has 0 unspecified atom stereocenters. The molecule has 0 atom stereocenters. The first kappa shape index (κ1) is 9.70. The van der Waals surface area contributed by atoms with Crippen molar-refractivity contribution in [2.75, 3.05) is 6.61 Å². The predicted molar refractivity (Wildman–Crippen MR) is 39.7 cm³/mol. The summed E-state index contributed by atoms with van der Waals surface area (Å²) < 4.78 is 39.3. The van der Waals surface area contributed by atoms with Crippen molar-refractivity contribution in [3.05, 3.63) is 24.3 Å². The number of ether oxygens (including phenoxy) is 1. The number of hydrogen-bond acceptors (Lipinski definition) is 2. The Balaban J connectivity index is 2.55. The number of aromatic hydroxyl groups is 1. The van der Waals surface area contributed by atoms with Crippen LogP contribution in [0.25, 0.3) is 0 Å². The van der Waals surface area contributed by atoms with Crippen molar-refractivity contribution in [3.8, 4) is 11.5 Å². The van der Waals surface area contributed by atoms with E-state index in [0.717, 1.165) is 6.07 Å². The summed E-state index contributed by atoms with van der Waals surface area (Å²) in [6.07, 6.45) is -4.36. The first-order valence-corrected chi connectivity index (χ1v) is 3.46. The second kappa shape index (κ2) is 3.55. The van der Waals surface area contributed by atoms with Crippen LogP contribution in [0, 0.1) is 0 Å². The maximum absolute atomic E-state index is 11.7. The Morgan fingerprint density at radius 1 is 1.31 bits per heavy atom. The summed E-state index contributed by atoms with van der Waals surface area (Å²) in [7, 11) is 0. The Bertz CT molecular complexity index is 283. The second-order valence-corrected chi connectivity index (χ2v) is 2.40. The minimum atomic E-state index is -4.36. The molecular formula is C8H7F3O2. The molecule has 0 radical (unpaired) electrons. The first-order chi connectivity index (χ1) is 5.97. The van der Waals surface area contributed by atoms with Crippen LogP contribution < -0.4 is 4.74 Å². The van der Waals surface area contributed by atoms with Crippen LogP contribution in [0.4, 0.5) is 13.2 Å². The lowest BCUT2D eigenvalue weighted by atomic mass is 10.3. The van der Waals surface area contributed by atoms with Gasteiger partial charge in [-0.05, 0) is 12.1 Å². The van der Waals surface area contributed by atoms with Gasteiger partial charge in [0.25, 0.3) is 0 Å². The molecule has 0 saturated carbocycles. The molecule has 1 aromatic rings. The van der Waals surface area contributed by atoms with Crippen molar-refractivity contribution in [3.63, 3.8) is 0 Å². The van der Waals surface area contributed by atoms with E-state index in [-0.39, 0.29) is 11.5 Å². The topological polar surface area (TPSA) is 29.5 Å². The molecule has 1 aromatic carbocycles. The Kier molecular flexibility index (Phi) is 2.65. The van der Waals surface area contributed by atoms with Crippen LogP contribution in [0.5, 0.6) is 11.5 Å². The summed E-state index contributed by atoms with van der Waals surface area (Å²) >= 11 is 0. The molecular weight excluding hydrogens is 185 g/mol. The van der Waals surface area contributed by atoms with Crippen molar-refractivity contribution in [1.29, 1.82) is 0 Å². The normalized spacial score (nSPS) is 11.3. The quantitative estimate of drug-likeness (QED) is 0.779. The molecule has 0 amide bonds. The molecule has 0 fully saturated rings. The van der Waals surface area contributed by atoms with Gasteiger partial charge in [-0.3, -0.25) is 0 Å². The fraction of sp³-hybridized carbons (Fsp3) is 0.250. The summed E-state index contributed by atoms with van der Waals surface area (Å²) in [6, 6.07) is 5.21. The van der Waals surface area contributed by atoms with E-state index >= 15 is 0 Å². The minimum absolute atomic E-state index is 0.00248. The maximum Gasteiger partial charge on any atom is 0.422 e. The zero-order valence-electron chi connectivity index (χ0n) is 6.51. The van der Waals surface area contributed by atoms with E-state index in [0.29, 0.717) is 0 Å². The standard InChI is InChI=1S/C8H7F3O2/c9-8(10,11)5-13-7-3-1-2-6(12)4-7/h1-4,12H,5H2. The minimum Gasteiger partial charge on any atom is -0.508 e. The van der Waals surface area contributed by atoms with E-state index in [1.54, 1.807) is 0 Å². The molecule has 0 bridgehead atoms. The lowest BCUT2D eigenvalue weighted by Gasteiger charge is -2.08. The number of hydrogen-bond donors (Lipinski definition) is 1. The monoisotopic (exact) mass is 192 g/mol. The molecule has 0 aliphatic carbocycles. The fourth-order valence-electron chi connectivity index (χ4n) is 0.738. The van der Waals surface area contributed by atoms with Gasteiger partial charge in [-0.15, -0.1) is 0 Å². The highest BCUT2D eigenvalue weighted by molar-refractivity contribution is 5.31. The van der Waals surface area contributed by atoms with Crippen molar-refractivity contribution < 1.29 is 23.0 Å². The van der Waals surface area contributed by atoms with Crippen LogP contribution in [-0.2, 0) is 0 Å². The number of halogens is 3. The number of alkyl halides is 3. The number of rotatable bonds is 2. The summed E-state index contributed by atoms with van der Waals surface area (Å²) in [6.45, 7) is -1.35. The second-order valence-electron chi connectivity index (χ2n) is 2.40. The lowest BCUT2D eigenvalue weighted by Crippen LogP contribution is -2.19. The van der Waals surface area contributed by atoms with E-state index in [4.69, 9.17) is 5.11 Å². The van der Waals surface area contributed by atoms with Gasteiger partial charge in [0.15, 0.2) is 6.61 Å². The van der Waals surface area contributed by atoms with Crippen LogP contribution in [0.3, 0.4) is 0 Å². The van der Waals surface area contributed by atoms with Gasteiger partial charge in [0.1, 0.15) is 11.5 Å². The SMILES string of the molecule is Oc1cccc(OCC(F)(F)F)c1. The maximum atomic E-state index is 11.7. The third-order valence-corrected chi connectivity index (χ3v) is 1.22. The third kappa shape index (κ3) is 3.68. The van der Waals surface area contributed by atoms with Crippen molar-refractivity contribution in [2.24, 2.45) is 0 Å². The van der Waals surface area contributed by atoms with E-state index in [9.17, 15) is 13.2 Å². The van der Waals surface area contributed by atoms with Gasteiger partial charge in [-0.1, -0.05) is 6.07 Å². The predicted octanol–water partition coefficient (Wildman–Crippen LogP) is 2.33. The highest BCUT2D eigenvalue weighted by atomic mass is 19.4. The average Bonchev–Trinajstić information content (AvgIpc) is 2.00. The molecule has 72 valence electrons. The average molecular weight is 192 g/mol. The molecule has 0 aliphatic heterocycles. The zero-order valence-corrected chi connectivity index (χ0v) is 6.51. The number of phenolic OH excluding ortho intramolecular Hbond substituents is 1. The van der Waals surface area contributed by atoms with E-state index in [1.165, 1.54) is 18.2 Å². The van der Waals surface area contributed by atoms with Gasteiger partial charge in [0, 0.05) is 6.07 Å². The van der Waals surface area contributed by atoms with Crippen LogP contribution in [0.1, 0.15) is 0 Å². The zero-order chi connectivity index (χ0) is 9.90. The van der Waals surface area contributed by atoms with Crippen LogP contribution in [0.15, 0.2) is 24.3 Å². The lowest BCUT2D eigenvalue weighted by molar-refractivity contribution is -0.153. The van der Waals surface area contributed by atoms with Crippen molar-refractivity contribution in [2.45, 2.75) is 6.18 Å². The van der Waals surface area contributed by atoms with E-state index < -0.39 is 12.8 Å². The molecule has 0 heterocycles. The van der Waals surface area contributed by atoms with E-state index in [2.05, 4.69) is 4.74 Å². The highest BCUT2D eigenvalue weighted by Gasteiger charge is 2.28. The molecule has 2 nitrogen and oxygen atoms in total. The smallest absolute Gasteiger partial charge is 0.422 e. The molecule has 13 heavy (non-hydrogen) atoms. The van der Waals surface area contributed by atoms with Crippen LogP contribution in [0.2, 0.25) is 0 Å². The largest absolute Gasteiger partial charge is 0.508 e. The molecule has 0 spiro atoms. The first-order valence-electron chi connectivity index (χ1n) is 3.46. The molecule has 0 aliphatic rings. The Morgan fingerprint density at radius 2 is 2.00 bits per heavy atom.